The second kappa shape index (κ2) is 7.04. The zero-order valence-corrected chi connectivity index (χ0v) is 12.8. The largest absolute Gasteiger partial charge is 0.321 e. The number of hydrogen-bond donors (Lipinski definition) is 2. The van der Waals surface area contributed by atoms with E-state index in [-0.39, 0.29) is 5.91 Å². The lowest BCUT2D eigenvalue weighted by Gasteiger charge is -2.14. The fourth-order valence-electron chi connectivity index (χ4n) is 2.13. The third-order valence-corrected chi connectivity index (χ3v) is 3.42. The van der Waals surface area contributed by atoms with Crippen LogP contribution in [0.4, 0.5) is 5.69 Å². The maximum Gasteiger partial charge on any atom is 0.273 e. The number of aromatic nitrogens is 2. The second-order valence-corrected chi connectivity index (χ2v) is 5.09. The van der Waals surface area contributed by atoms with Gasteiger partial charge < -0.3 is 10.6 Å². The zero-order valence-electron chi connectivity index (χ0n) is 12.8. The first-order chi connectivity index (χ1) is 10.1. The first kappa shape index (κ1) is 15.3. The molecule has 1 aromatic carbocycles. The maximum atomic E-state index is 12.1. The molecule has 0 aliphatic rings. The van der Waals surface area contributed by atoms with Crippen molar-refractivity contribution in [2.75, 3.05) is 11.9 Å². The molecule has 1 unspecified atom stereocenters. The Hall–Kier alpha value is -2.14. The molecule has 0 spiro atoms. The monoisotopic (exact) mass is 286 g/mol. The number of amides is 1. The third kappa shape index (κ3) is 3.92. The number of rotatable bonds is 6. The SMILES string of the molecule is CCCNC(C)c1ccc(NC(=O)c2ccnn2C)cc1. The van der Waals surface area contributed by atoms with Gasteiger partial charge in [-0.1, -0.05) is 19.1 Å². The summed E-state index contributed by atoms with van der Waals surface area (Å²) in [5, 5.41) is 10.3. The van der Waals surface area contributed by atoms with E-state index >= 15 is 0 Å². The van der Waals surface area contributed by atoms with Crippen LogP contribution in [-0.4, -0.2) is 22.2 Å². The number of anilines is 1. The summed E-state index contributed by atoms with van der Waals surface area (Å²) in [6.45, 7) is 5.29. The Morgan fingerprint density at radius 2 is 2.00 bits per heavy atom. The molecule has 2 aromatic rings. The number of nitrogens with one attached hydrogen (secondary N) is 2. The summed E-state index contributed by atoms with van der Waals surface area (Å²) in [7, 11) is 1.75. The lowest BCUT2D eigenvalue weighted by Crippen LogP contribution is -2.19. The van der Waals surface area contributed by atoms with Crippen LogP contribution in [0.5, 0.6) is 0 Å². The molecule has 5 nitrogen and oxygen atoms in total. The smallest absolute Gasteiger partial charge is 0.273 e. The summed E-state index contributed by atoms with van der Waals surface area (Å²) in [6.07, 6.45) is 2.72. The van der Waals surface area contributed by atoms with Crippen molar-refractivity contribution < 1.29 is 4.79 Å². The van der Waals surface area contributed by atoms with Crippen LogP contribution in [0.2, 0.25) is 0 Å². The molecule has 1 aromatic heterocycles. The van der Waals surface area contributed by atoms with Gasteiger partial charge in [-0.15, -0.1) is 0 Å². The average Bonchev–Trinajstić information content (AvgIpc) is 2.91. The molecule has 0 fully saturated rings. The highest BCUT2D eigenvalue weighted by atomic mass is 16.2. The predicted octanol–water partition coefficient (Wildman–Crippen LogP) is 2.73. The van der Waals surface area contributed by atoms with Gasteiger partial charge in [0.15, 0.2) is 0 Å². The first-order valence-electron chi connectivity index (χ1n) is 7.24. The van der Waals surface area contributed by atoms with Crippen molar-refractivity contribution in [2.24, 2.45) is 7.05 Å². The van der Waals surface area contributed by atoms with Crippen LogP contribution in [0, 0.1) is 0 Å². The minimum Gasteiger partial charge on any atom is -0.321 e. The second-order valence-electron chi connectivity index (χ2n) is 5.09. The highest BCUT2D eigenvalue weighted by molar-refractivity contribution is 6.02. The fourth-order valence-corrected chi connectivity index (χ4v) is 2.13. The molecule has 2 rings (SSSR count). The molecule has 2 N–H and O–H groups in total. The number of aryl methyl sites for hydroxylation is 1. The Balaban J connectivity index is 1.99. The van der Waals surface area contributed by atoms with E-state index < -0.39 is 0 Å². The highest BCUT2D eigenvalue weighted by Gasteiger charge is 2.10. The lowest BCUT2D eigenvalue weighted by molar-refractivity contribution is 0.101. The molecule has 0 aliphatic heterocycles. The van der Waals surface area contributed by atoms with Crippen LogP contribution < -0.4 is 10.6 Å². The van der Waals surface area contributed by atoms with E-state index in [0.717, 1.165) is 18.7 Å². The van der Waals surface area contributed by atoms with Gasteiger partial charge in [-0.05, 0) is 43.7 Å². The zero-order chi connectivity index (χ0) is 15.2. The first-order valence-corrected chi connectivity index (χ1v) is 7.24. The van der Waals surface area contributed by atoms with Crippen molar-refractivity contribution in [3.8, 4) is 0 Å². The van der Waals surface area contributed by atoms with Crippen LogP contribution in [-0.2, 0) is 7.05 Å². The number of hydrogen-bond acceptors (Lipinski definition) is 3. The van der Waals surface area contributed by atoms with Crippen molar-refractivity contribution in [1.82, 2.24) is 15.1 Å². The Morgan fingerprint density at radius 3 is 2.57 bits per heavy atom. The van der Waals surface area contributed by atoms with Crippen LogP contribution in [0.15, 0.2) is 36.5 Å². The molecular formula is C16H22N4O. The molecule has 112 valence electrons. The van der Waals surface area contributed by atoms with E-state index in [2.05, 4.69) is 29.6 Å². The van der Waals surface area contributed by atoms with Gasteiger partial charge in [0, 0.05) is 25.0 Å². The van der Waals surface area contributed by atoms with Gasteiger partial charge in [0.2, 0.25) is 0 Å². The number of benzene rings is 1. The molecule has 5 heteroatoms. The van der Waals surface area contributed by atoms with Gasteiger partial charge in [-0.2, -0.15) is 5.10 Å². The summed E-state index contributed by atoms with van der Waals surface area (Å²) in [6, 6.07) is 9.92. The summed E-state index contributed by atoms with van der Waals surface area (Å²) >= 11 is 0. The molecule has 1 heterocycles. The molecule has 0 radical (unpaired) electrons. The standard InChI is InChI=1S/C16H22N4O/c1-4-10-17-12(2)13-5-7-14(8-6-13)19-16(21)15-9-11-18-20(15)3/h5-9,11-12,17H,4,10H2,1-3H3,(H,19,21). The average molecular weight is 286 g/mol. The Labute approximate surface area is 125 Å². The summed E-state index contributed by atoms with van der Waals surface area (Å²) in [5.41, 5.74) is 2.53. The van der Waals surface area contributed by atoms with E-state index in [0.29, 0.717) is 11.7 Å². The van der Waals surface area contributed by atoms with Gasteiger partial charge in [0.1, 0.15) is 5.69 Å². The summed E-state index contributed by atoms with van der Waals surface area (Å²) in [5.74, 6) is -0.153. The van der Waals surface area contributed by atoms with Crippen molar-refractivity contribution in [1.29, 1.82) is 0 Å². The summed E-state index contributed by atoms with van der Waals surface area (Å²) in [4.78, 5) is 12.1. The van der Waals surface area contributed by atoms with Gasteiger partial charge in [0.25, 0.3) is 5.91 Å². The van der Waals surface area contributed by atoms with Gasteiger partial charge in [-0.3, -0.25) is 9.48 Å². The minimum absolute atomic E-state index is 0.153. The van der Waals surface area contributed by atoms with E-state index in [9.17, 15) is 4.79 Å². The molecule has 0 bridgehead atoms. The van der Waals surface area contributed by atoms with Crippen molar-refractivity contribution >= 4 is 11.6 Å². The van der Waals surface area contributed by atoms with Crippen LogP contribution >= 0.6 is 0 Å². The van der Waals surface area contributed by atoms with Crippen LogP contribution in [0.25, 0.3) is 0 Å². The molecule has 0 aliphatic carbocycles. The van der Waals surface area contributed by atoms with Gasteiger partial charge in [0.05, 0.1) is 0 Å². The van der Waals surface area contributed by atoms with Crippen LogP contribution in [0.3, 0.4) is 0 Å². The van der Waals surface area contributed by atoms with Crippen molar-refractivity contribution in [2.45, 2.75) is 26.3 Å². The van der Waals surface area contributed by atoms with Crippen molar-refractivity contribution in [3.63, 3.8) is 0 Å². The predicted molar refractivity (Wildman–Crippen MR) is 84.3 cm³/mol. The molecule has 1 amide bonds. The van der Waals surface area contributed by atoms with Gasteiger partial charge in [-0.25, -0.2) is 0 Å². The summed E-state index contributed by atoms with van der Waals surface area (Å²) < 4.78 is 1.56. The van der Waals surface area contributed by atoms with E-state index in [1.54, 1.807) is 24.0 Å². The third-order valence-electron chi connectivity index (χ3n) is 3.42. The topological polar surface area (TPSA) is 58.9 Å². The van der Waals surface area contributed by atoms with Crippen LogP contribution in [0.1, 0.15) is 42.4 Å². The van der Waals surface area contributed by atoms with E-state index in [1.165, 1.54) is 5.56 Å². The number of carbonyl (C=O) groups excluding carboxylic acids is 1. The normalized spacial score (nSPS) is 12.1. The molecule has 0 saturated heterocycles. The van der Waals surface area contributed by atoms with Gasteiger partial charge >= 0.3 is 0 Å². The number of carbonyl (C=O) groups is 1. The number of nitrogens with zero attached hydrogens (tertiary/aromatic N) is 2. The molecule has 21 heavy (non-hydrogen) atoms. The molecule has 1 atom stereocenters. The minimum atomic E-state index is -0.153. The quantitative estimate of drug-likeness (QED) is 0.858. The van der Waals surface area contributed by atoms with E-state index in [4.69, 9.17) is 0 Å². The van der Waals surface area contributed by atoms with Crippen molar-refractivity contribution in [3.05, 3.63) is 47.8 Å². The lowest BCUT2D eigenvalue weighted by atomic mass is 10.1. The fraction of sp³-hybridized carbons (Fsp3) is 0.375. The maximum absolute atomic E-state index is 12.1. The Morgan fingerprint density at radius 1 is 1.29 bits per heavy atom. The van der Waals surface area contributed by atoms with E-state index in [1.807, 2.05) is 24.3 Å². The highest BCUT2D eigenvalue weighted by Crippen LogP contribution is 2.16. The Bertz CT molecular complexity index is 589. The molecule has 0 saturated carbocycles. The molecular weight excluding hydrogens is 264 g/mol. The Kier molecular flexibility index (Phi) is 5.11.